The van der Waals surface area contributed by atoms with Crippen LogP contribution in [-0.2, 0) is 11.3 Å². The monoisotopic (exact) mass is 271 g/mol. The van der Waals surface area contributed by atoms with E-state index in [1.54, 1.807) is 18.6 Å². The van der Waals surface area contributed by atoms with Gasteiger partial charge in [-0.25, -0.2) is 0 Å². The number of piperidine rings is 1. The van der Waals surface area contributed by atoms with E-state index in [0.29, 0.717) is 12.6 Å². The van der Waals surface area contributed by atoms with Crippen LogP contribution in [0.3, 0.4) is 0 Å². The lowest BCUT2D eigenvalue weighted by atomic mass is 10.0. The zero-order valence-corrected chi connectivity index (χ0v) is 11.5. The Morgan fingerprint density at radius 3 is 3.00 bits per heavy atom. The van der Waals surface area contributed by atoms with E-state index in [2.05, 4.69) is 15.3 Å². The first kappa shape index (κ1) is 15.3. The van der Waals surface area contributed by atoms with Gasteiger partial charge in [-0.15, -0.1) is 12.4 Å². The largest absolute Gasteiger partial charge is 0.375 e. The van der Waals surface area contributed by atoms with E-state index in [1.165, 1.54) is 32.2 Å². The molecule has 102 valence electrons. The molecule has 2 rings (SSSR count). The molecule has 0 aromatic carbocycles. The number of halogens is 1. The van der Waals surface area contributed by atoms with Crippen LogP contribution < -0.4 is 5.32 Å². The molecule has 0 aliphatic carbocycles. The van der Waals surface area contributed by atoms with Crippen LogP contribution in [-0.4, -0.2) is 29.2 Å². The Hall–Kier alpha value is -0.710. The second-order valence-corrected chi connectivity index (χ2v) is 4.54. The highest BCUT2D eigenvalue weighted by molar-refractivity contribution is 5.85. The molecule has 1 aromatic heterocycles. The van der Waals surface area contributed by atoms with Gasteiger partial charge in [-0.2, -0.15) is 0 Å². The van der Waals surface area contributed by atoms with Crippen molar-refractivity contribution in [3.63, 3.8) is 0 Å². The van der Waals surface area contributed by atoms with E-state index in [9.17, 15) is 0 Å². The Bertz CT molecular complexity index is 304. The van der Waals surface area contributed by atoms with E-state index < -0.39 is 0 Å². The second-order valence-electron chi connectivity index (χ2n) is 4.54. The summed E-state index contributed by atoms with van der Waals surface area (Å²) in [6.45, 7) is 2.58. The van der Waals surface area contributed by atoms with Crippen LogP contribution in [0.25, 0.3) is 0 Å². The van der Waals surface area contributed by atoms with Crippen LogP contribution in [0, 0.1) is 0 Å². The molecule has 0 amide bonds. The molecule has 2 heterocycles. The van der Waals surface area contributed by atoms with Crippen molar-refractivity contribution in [2.45, 2.75) is 44.8 Å². The molecular formula is C13H22ClN3O. The third-order valence-corrected chi connectivity index (χ3v) is 3.12. The van der Waals surface area contributed by atoms with Crippen LogP contribution in [0.5, 0.6) is 0 Å². The first-order valence-corrected chi connectivity index (χ1v) is 6.51. The normalized spacial score (nSPS) is 19.2. The number of hydrogen-bond acceptors (Lipinski definition) is 4. The molecule has 0 saturated carbocycles. The van der Waals surface area contributed by atoms with Gasteiger partial charge in [-0.1, -0.05) is 6.42 Å². The fourth-order valence-corrected chi connectivity index (χ4v) is 2.18. The molecule has 1 unspecified atom stereocenters. The topological polar surface area (TPSA) is 47.0 Å². The minimum absolute atomic E-state index is 0. The first-order valence-electron chi connectivity index (χ1n) is 6.51. The van der Waals surface area contributed by atoms with Gasteiger partial charge in [0.1, 0.15) is 0 Å². The Labute approximate surface area is 115 Å². The Morgan fingerprint density at radius 2 is 2.28 bits per heavy atom. The highest BCUT2D eigenvalue weighted by Crippen LogP contribution is 2.11. The van der Waals surface area contributed by atoms with Crippen molar-refractivity contribution in [3.8, 4) is 0 Å². The molecule has 0 bridgehead atoms. The van der Waals surface area contributed by atoms with Crippen LogP contribution in [0.2, 0.25) is 0 Å². The summed E-state index contributed by atoms with van der Waals surface area (Å²) in [5, 5.41) is 3.55. The lowest BCUT2D eigenvalue weighted by Gasteiger charge is -2.23. The Morgan fingerprint density at radius 1 is 1.33 bits per heavy atom. The smallest absolute Gasteiger partial charge is 0.0903 e. The van der Waals surface area contributed by atoms with Gasteiger partial charge >= 0.3 is 0 Å². The van der Waals surface area contributed by atoms with Gasteiger partial charge in [0.2, 0.25) is 0 Å². The number of hydrogen-bond donors (Lipinski definition) is 1. The zero-order chi connectivity index (χ0) is 11.8. The summed E-state index contributed by atoms with van der Waals surface area (Å²) in [6, 6.07) is 0.712. The van der Waals surface area contributed by atoms with Gasteiger partial charge in [0, 0.05) is 25.0 Å². The predicted octanol–water partition coefficient (Wildman–Crippen LogP) is 2.34. The maximum atomic E-state index is 5.58. The standard InChI is InChI=1S/C13H21N3O.ClH/c1-2-6-15-12(4-1)5-3-9-17-11-13-10-14-7-8-16-13;/h7-8,10,12,15H,1-6,9,11H2;1H. The lowest BCUT2D eigenvalue weighted by molar-refractivity contribution is 0.111. The van der Waals surface area contributed by atoms with Crippen LogP contribution >= 0.6 is 12.4 Å². The van der Waals surface area contributed by atoms with Crippen molar-refractivity contribution in [1.29, 1.82) is 0 Å². The molecule has 0 radical (unpaired) electrons. The van der Waals surface area contributed by atoms with E-state index in [4.69, 9.17) is 4.74 Å². The number of rotatable bonds is 6. The fourth-order valence-electron chi connectivity index (χ4n) is 2.18. The number of nitrogens with zero attached hydrogens (tertiary/aromatic N) is 2. The molecule has 1 aromatic rings. The molecule has 18 heavy (non-hydrogen) atoms. The molecule has 1 fully saturated rings. The zero-order valence-electron chi connectivity index (χ0n) is 10.7. The van der Waals surface area contributed by atoms with Crippen molar-refractivity contribution in [3.05, 3.63) is 24.3 Å². The van der Waals surface area contributed by atoms with E-state index in [-0.39, 0.29) is 12.4 Å². The van der Waals surface area contributed by atoms with Crippen molar-refractivity contribution in [1.82, 2.24) is 15.3 Å². The summed E-state index contributed by atoms with van der Waals surface area (Å²) in [4.78, 5) is 8.17. The van der Waals surface area contributed by atoms with Crippen molar-refractivity contribution in [2.75, 3.05) is 13.2 Å². The molecule has 0 spiro atoms. The molecule has 4 nitrogen and oxygen atoms in total. The molecule has 1 N–H and O–H groups in total. The third-order valence-electron chi connectivity index (χ3n) is 3.12. The summed E-state index contributed by atoms with van der Waals surface area (Å²) >= 11 is 0. The van der Waals surface area contributed by atoms with Gasteiger partial charge in [0.15, 0.2) is 0 Å². The van der Waals surface area contributed by atoms with Crippen LogP contribution in [0.1, 0.15) is 37.8 Å². The van der Waals surface area contributed by atoms with Gasteiger partial charge in [0.05, 0.1) is 18.5 Å². The third kappa shape index (κ3) is 5.76. The SMILES string of the molecule is Cl.c1cnc(COCCCC2CCCCN2)cn1. The number of aromatic nitrogens is 2. The van der Waals surface area contributed by atoms with Crippen LogP contribution in [0.15, 0.2) is 18.6 Å². The summed E-state index contributed by atoms with van der Waals surface area (Å²) in [6.07, 6.45) is 11.5. The predicted molar refractivity (Wildman–Crippen MR) is 73.8 cm³/mol. The van der Waals surface area contributed by atoms with Crippen molar-refractivity contribution >= 4 is 12.4 Å². The number of nitrogens with one attached hydrogen (secondary N) is 1. The Balaban J connectivity index is 0.00000162. The quantitative estimate of drug-likeness (QED) is 0.807. The average molecular weight is 272 g/mol. The maximum absolute atomic E-state index is 5.58. The van der Waals surface area contributed by atoms with Crippen LogP contribution in [0.4, 0.5) is 0 Å². The summed E-state index contributed by atoms with van der Waals surface area (Å²) in [7, 11) is 0. The van der Waals surface area contributed by atoms with E-state index in [1.807, 2.05) is 0 Å². The molecule has 5 heteroatoms. The molecular weight excluding hydrogens is 250 g/mol. The molecule has 1 aliphatic rings. The van der Waals surface area contributed by atoms with Gasteiger partial charge in [0.25, 0.3) is 0 Å². The summed E-state index contributed by atoms with van der Waals surface area (Å²) in [5.41, 5.74) is 0.906. The highest BCUT2D eigenvalue weighted by atomic mass is 35.5. The number of ether oxygens (including phenoxy) is 1. The molecule has 1 saturated heterocycles. The minimum Gasteiger partial charge on any atom is -0.375 e. The summed E-state index contributed by atoms with van der Waals surface area (Å²) < 4.78 is 5.58. The average Bonchev–Trinajstić information content (AvgIpc) is 2.41. The van der Waals surface area contributed by atoms with E-state index >= 15 is 0 Å². The van der Waals surface area contributed by atoms with Gasteiger partial charge in [-0.3, -0.25) is 9.97 Å². The van der Waals surface area contributed by atoms with Crippen molar-refractivity contribution in [2.24, 2.45) is 0 Å². The summed E-state index contributed by atoms with van der Waals surface area (Å²) in [5.74, 6) is 0. The van der Waals surface area contributed by atoms with E-state index in [0.717, 1.165) is 18.7 Å². The van der Waals surface area contributed by atoms with Gasteiger partial charge < -0.3 is 10.1 Å². The minimum atomic E-state index is 0. The maximum Gasteiger partial charge on any atom is 0.0903 e. The first-order chi connectivity index (χ1) is 8.45. The highest BCUT2D eigenvalue weighted by Gasteiger charge is 2.11. The van der Waals surface area contributed by atoms with Gasteiger partial charge in [-0.05, 0) is 32.2 Å². The lowest BCUT2D eigenvalue weighted by Crippen LogP contribution is -2.33. The second kappa shape index (κ2) is 9.25. The molecule has 1 atom stereocenters. The Kier molecular flexibility index (Phi) is 7.89. The fraction of sp³-hybridized carbons (Fsp3) is 0.692. The van der Waals surface area contributed by atoms with Crippen molar-refractivity contribution < 1.29 is 4.74 Å². The molecule has 1 aliphatic heterocycles.